The summed E-state index contributed by atoms with van der Waals surface area (Å²) in [7, 11) is 1.68. The van der Waals surface area contributed by atoms with Gasteiger partial charge in [0.25, 0.3) is 11.7 Å². The van der Waals surface area contributed by atoms with E-state index in [1.54, 1.807) is 45.7 Å². The van der Waals surface area contributed by atoms with Crippen LogP contribution in [0.4, 0.5) is 0 Å². The predicted octanol–water partition coefficient (Wildman–Crippen LogP) is 8.06. The molecule has 5 aliphatic rings. The quantitative estimate of drug-likeness (QED) is 0.0503. The first-order chi connectivity index (χ1) is 37.5. The number of carbonyl (C=O) groups excluding carboxylic acids is 5. The molecule has 450 valence electrons. The molecule has 18 nitrogen and oxygen atoms in total. The number of hydrogen-bond acceptors (Lipinski definition) is 15. The van der Waals surface area contributed by atoms with Crippen molar-refractivity contribution in [2.45, 2.75) is 186 Å². The van der Waals surface area contributed by atoms with Crippen LogP contribution in [0, 0.1) is 35.5 Å². The van der Waals surface area contributed by atoms with Gasteiger partial charge in [-0.2, -0.15) is 0 Å². The van der Waals surface area contributed by atoms with Gasteiger partial charge in [-0.3, -0.25) is 23.7 Å². The normalized spacial score (nSPS) is 37.4. The molecule has 0 aromatic heterocycles. The number of nitrogens with zero attached hydrogens (tertiary/aromatic N) is 2. The van der Waals surface area contributed by atoms with Crippen molar-refractivity contribution in [2.75, 3.05) is 65.9 Å². The molecule has 3 saturated heterocycles. The minimum Gasteiger partial charge on any atom is -0.460 e. The molecule has 79 heavy (non-hydrogen) atoms. The summed E-state index contributed by atoms with van der Waals surface area (Å²) in [5.41, 5.74) is 1.27. The summed E-state index contributed by atoms with van der Waals surface area (Å²) in [6, 6.07) is -1.14. The van der Waals surface area contributed by atoms with Gasteiger partial charge < -0.3 is 48.4 Å². The Kier molecular flexibility index (Phi) is 29.2. The minimum absolute atomic E-state index is 0.0193. The van der Waals surface area contributed by atoms with E-state index in [1.165, 1.54) is 12.0 Å². The van der Waals surface area contributed by atoms with Gasteiger partial charge in [-0.1, -0.05) is 71.1 Å². The number of rotatable bonds is 11. The summed E-state index contributed by atoms with van der Waals surface area (Å²) >= 11 is 11.1. The van der Waals surface area contributed by atoms with E-state index in [2.05, 4.69) is 5.09 Å². The number of carbonyl (C=O) groups is 5. The van der Waals surface area contributed by atoms with Gasteiger partial charge in [0.2, 0.25) is 5.79 Å². The monoisotopic (exact) mass is 1170 g/mol. The fraction of sp³-hybridized carbons (Fsp3) is 0.776. The number of aliphatic hydroxyl groups excluding tert-OH is 2. The van der Waals surface area contributed by atoms with E-state index in [4.69, 9.17) is 51.4 Å². The van der Waals surface area contributed by atoms with Crippen LogP contribution in [0.3, 0.4) is 0 Å². The van der Waals surface area contributed by atoms with Gasteiger partial charge in [-0.05, 0) is 113 Å². The molecule has 2 bridgehead atoms. The maximum Gasteiger partial charge on any atom is 0.343 e. The molecule has 1 unspecified atom stereocenters. The number of fused-ring (bicyclic) bond motifs is 3. The molecular weight excluding hydrogens is 1080 g/mol. The van der Waals surface area contributed by atoms with Crippen LogP contribution < -0.4 is 5.09 Å². The number of amides is 1. The zero-order chi connectivity index (χ0) is 58.6. The highest BCUT2D eigenvalue weighted by Crippen LogP contribution is 2.49. The largest absolute Gasteiger partial charge is 0.460 e. The number of cyclic esters (lactones) is 1. The molecule has 1 saturated carbocycles. The number of ketones is 3. The van der Waals surface area contributed by atoms with Gasteiger partial charge in [0.1, 0.15) is 30.1 Å². The highest BCUT2D eigenvalue weighted by molar-refractivity contribution is 7.54. The van der Waals surface area contributed by atoms with Crippen molar-refractivity contribution < 1.29 is 72.1 Å². The van der Waals surface area contributed by atoms with E-state index < -0.39 is 91.5 Å². The first-order valence-corrected chi connectivity index (χ1v) is 31.2. The van der Waals surface area contributed by atoms with Crippen molar-refractivity contribution in [3.8, 4) is 0 Å². The second-order valence-electron chi connectivity index (χ2n) is 22.5. The molecule has 5 rings (SSSR count). The lowest BCUT2D eigenvalue weighted by molar-refractivity contribution is -0.265. The molecule has 0 aromatic rings. The Hall–Kier alpha value is -2.68. The lowest BCUT2D eigenvalue weighted by atomic mass is 9.78. The van der Waals surface area contributed by atoms with Gasteiger partial charge in [0.15, 0.2) is 5.78 Å². The molecule has 1 aliphatic carbocycles. The van der Waals surface area contributed by atoms with E-state index in [-0.39, 0.29) is 54.8 Å². The Bertz CT molecular complexity index is 2160. The second kappa shape index (κ2) is 33.6. The molecule has 0 radical (unpaired) electrons. The van der Waals surface area contributed by atoms with E-state index in [1.807, 2.05) is 58.1 Å². The van der Waals surface area contributed by atoms with Crippen LogP contribution in [0.15, 0.2) is 47.6 Å². The topological polar surface area (TPSA) is 237 Å². The fourth-order valence-electron chi connectivity index (χ4n) is 11.4. The number of hydrogen-bond donors (Lipinski definition) is 4. The van der Waals surface area contributed by atoms with Crippen molar-refractivity contribution in [1.82, 2.24) is 14.7 Å². The lowest BCUT2D eigenvalue weighted by Gasteiger charge is -2.42. The Balaban J connectivity index is 0.000000832. The van der Waals surface area contributed by atoms with Crippen molar-refractivity contribution in [2.24, 2.45) is 35.5 Å². The van der Waals surface area contributed by atoms with Gasteiger partial charge in [0, 0.05) is 89.9 Å². The summed E-state index contributed by atoms with van der Waals surface area (Å²) in [5.74, 6) is -7.09. The third kappa shape index (κ3) is 19.7. The Morgan fingerprint density at radius 1 is 0.861 bits per heavy atom. The number of alkyl halides is 2. The lowest BCUT2D eigenvalue weighted by Crippen LogP contribution is -2.61. The van der Waals surface area contributed by atoms with Gasteiger partial charge in [-0.15, -0.1) is 23.2 Å². The highest BCUT2D eigenvalue weighted by atomic mass is 35.5. The number of aliphatic hydroxyl groups is 3. The van der Waals surface area contributed by atoms with Gasteiger partial charge in [-0.25, -0.2) is 14.6 Å². The summed E-state index contributed by atoms with van der Waals surface area (Å²) in [6.07, 6.45) is 12.1. The summed E-state index contributed by atoms with van der Waals surface area (Å²) in [6.45, 7) is 15.1. The molecule has 21 heteroatoms. The van der Waals surface area contributed by atoms with Crippen molar-refractivity contribution >= 4 is 60.1 Å². The second-order valence-corrected chi connectivity index (χ2v) is 25.5. The van der Waals surface area contributed by atoms with E-state index in [0.717, 1.165) is 25.0 Å². The van der Waals surface area contributed by atoms with Crippen LogP contribution in [-0.2, 0) is 56.7 Å². The number of piperidine rings is 1. The van der Waals surface area contributed by atoms with Crippen LogP contribution in [0.2, 0.25) is 0 Å². The SMILES string of the molecule is CO[C@H]1C[C@@H]2CC[C@@H](C)[C@@](O)(O2)C(=O)C(=O)N2CCCC[C@H]2C(=O)O[C@H]([C@H](C)C[C@@H]2CC[C@@H](O)[C@H](OC)C2)CC(=O)[C@H](C)/C=C(\C)[C@@H](O)[C@@H](OC)C(=O)[C@H](C)C[C@H](C)/C=C/C=CC=C1C.O=P1(NCCCl)OCCCN1CCCl. The predicted molar refractivity (Wildman–Crippen MR) is 304 cm³/mol. The zero-order valence-corrected chi connectivity index (χ0v) is 50.9. The molecule has 4 aliphatic heterocycles. The molecule has 16 atom stereocenters. The number of nitrogens with one attached hydrogen (secondary N) is 1. The number of methoxy groups -OCH3 is 3. The van der Waals surface area contributed by atoms with Gasteiger partial charge in [0.05, 0.1) is 31.0 Å². The van der Waals surface area contributed by atoms with Crippen molar-refractivity contribution in [3.63, 3.8) is 0 Å². The number of Topliss-reactive ketones (excluding diaryl/α,β-unsaturated/α-hetero) is 3. The minimum atomic E-state index is -2.84. The smallest absolute Gasteiger partial charge is 0.343 e. The standard InChI is InChI=1S/C51H79NO13.C7H15Cl2N2O2P/c1-30-16-12-11-13-17-31(2)42(61-8)28-38-21-19-36(7)51(60,65-38)48(57)49(58)52-23-15-14-18-39(52)50(59)64-43(33(4)26-37-20-22-40(53)44(27-37)62-9)29-41(54)32(3)25-35(6)46(56)47(63-10)45(55)34(5)24-30;8-2-4-10-14(12)11(6-3-9)5-1-7-13-14/h11-13,16-17,25,30,32-34,36-40,42-44,46-47,53,56,60H,14-15,18-24,26-29H2,1-10H3;1-7H2,(H,10,12)/b13-11?,16-12+,31-17?,35-25+;/t30-,32-,33-,34-,36-,37+,38+,39+,40-,42+,43+,44-,46-,47+,51-;/m1./s1. The maximum atomic E-state index is 14.4. The summed E-state index contributed by atoms with van der Waals surface area (Å²) < 4.78 is 48.6. The summed E-state index contributed by atoms with van der Waals surface area (Å²) in [5, 5.41) is 36.7. The third-order valence-corrected chi connectivity index (χ3v) is 19.1. The van der Waals surface area contributed by atoms with Crippen LogP contribution in [0.1, 0.15) is 132 Å². The summed E-state index contributed by atoms with van der Waals surface area (Å²) in [4.78, 5) is 71.8. The first-order valence-electron chi connectivity index (χ1n) is 28.5. The Labute approximate surface area is 480 Å². The van der Waals surface area contributed by atoms with Crippen LogP contribution in [0.25, 0.3) is 0 Å². The van der Waals surface area contributed by atoms with Crippen molar-refractivity contribution in [1.29, 1.82) is 0 Å². The molecule has 4 fully saturated rings. The van der Waals surface area contributed by atoms with Crippen LogP contribution >= 0.6 is 30.9 Å². The fourth-order valence-corrected chi connectivity index (χ4v) is 14.0. The highest BCUT2D eigenvalue weighted by Gasteiger charge is 2.53. The Morgan fingerprint density at radius 3 is 2.27 bits per heavy atom. The number of ether oxygens (including phenoxy) is 5. The zero-order valence-electron chi connectivity index (χ0n) is 48.5. The maximum absolute atomic E-state index is 14.4. The third-order valence-electron chi connectivity index (χ3n) is 16.4. The van der Waals surface area contributed by atoms with Crippen LogP contribution in [0.5, 0.6) is 0 Å². The average molecular weight is 1180 g/mol. The molecule has 0 aromatic carbocycles. The molecule has 1 amide bonds. The molecule has 0 spiro atoms. The van der Waals surface area contributed by atoms with Crippen molar-refractivity contribution in [3.05, 3.63) is 47.6 Å². The number of halogens is 2. The van der Waals surface area contributed by atoms with E-state index in [0.29, 0.717) is 94.8 Å². The molecule has 4 N–H and O–H groups in total. The molecular formula is C58H94Cl2N3O15P. The van der Waals surface area contributed by atoms with E-state index in [9.17, 15) is 43.9 Å². The first kappa shape index (κ1) is 68.8. The number of allylic oxidation sites excluding steroid dienone is 6. The van der Waals surface area contributed by atoms with E-state index >= 15 is 0 Å². The average Bonchev–Trinajstić information content (AvgIpc) is 3.46. The Morgan fingerprint density at radius 2 is 1.59 bits per heavy atom. The van der Waals surface area contributed by atoms with Gasteiger partial charge >= 0.3 is 13.6 Å². The molecule has 4 heterocycles. The number of esters is 1. The van der Waals surface area contributed by atoms with Crippen LogP contribution in [-0.4, -0.2) is 175 Å².